The molecule has 0 aliphatic carbocycles. The van der Waals surface area contributed by atoms with Crippen LogP contribution in [0, 0.1) is 12.8 Å². The zero-order valence-corrected chi connectivity index (χ0v) is 12.9. The molecule has 18 heavy (non-hydrogen) atoms. The van der Waals surface area contributed by atoms with E-state index in [0.29, 0.717) is 12.3 Å². The summed E-state index contributed by atoms with van der Waals surface area (Å²) in [5.41, 5.74) is 0. The molecule has 1 aliphatic rings. The lowest BCUT2D eigenvalue weighted by atomic mass is 9.94. The predicted octanol–water partition coefficient (Wildman–Crippen LogP) is 3.51. The molecule has 1 saturated heterocycles. The lowest BCUT2D eigenvalue weighted by Crippen LogP contribution is -2.33. The maximum absolute atomic E-state index is 10.7. The average Bonchev–Trinajstić information content (AvgIpc) is 2.60. The number of hydrogen-bond acceptors (Lipinski definition) is 3. The van der Waals surface area contributed by atoms with Crippen molar-refractivity contribution < 1.29 is 9.90 Å². The average molecular weight is 332 g/mol. The third kappa shape index (κ3) is 3.80. The molecule has 0 atom stereocenters. The first-order valence-corrected chi connectivity index (χ1v) is 7.84. The van der Waals surface area contributed by atoms with Crippen molar-refractivity contribution in [2.24, 2.45) is 5.92 Å². The molecule has 2 rings (SSSR count). The highest BCUT2D eigenvalue weighted by Crippen LogP contribution is 2.29. The van der Waals surface area contributed by atoms with Crippen molar-refractivity contribution >= 4 is 33.2 Å². The molecule has 0 amide bonds. The van der Waals surface area contributed by atoms with E-state index >= 15 is 0 Å². The summed E-state index contributed by atoms with van der Waals surface area (Å²) >= 11 is 5.38. The Labute approximate surface area is 120 Å². The first kappa shape index (κ1) is 14.0. The van der Waals surface area contributed by atoms with E-state index in [4.69, 9.17) is 5.11 Å². The molecule has 0 saturated carbocycles. The topological polar surface area (TPSA) is 40.5 Å². The van der Waals surface area contributed by atoms with Crippen LogP contribution >= 0.6 is 27.3 Å². The Morgan fingerprint density at radius 2 is 2.22 bits per heavy atom. The Morgan fingerprint density at radius 3 is 2.72 bits per heavy atom. The number of carbonyl (C=O) groups is 1. The van der Waals surface area contributed by atoms with E-state index in [9.17, 15) is 4.79 Å². The van der Waals surface area contributed by atoms with Gasteiger partial charge in [0.25, 0.3) is 0 Å². The van der Waals surface area contributed by atoms with Gasteiger partial charge in [0, 0.05) is 27.2 Å². The fourth-order valence-corrected chi connectivity index (χ4v) is 4.06. The van der Waals surface area contributed by atoms with E-state index in [0.717, 1.165) is 32.5 Å². The molecular weight excluding hydrogens is 314 g/mol. The number of thiophene rings is 1. The molecule has 5 heteroatoms. The molecule has 0 spiro atoms. The molecule has 2 heterocycles. The number of rotatable bonds is 4. The van der Waals surface area contributed by atoms with Crippen molar-refractivity contribution in [2.45, 2.75) is 32.7 Å². The third-order valence-corrected chi connectivity index (χ3v) is 5.58. The second-order valence-electron chi connectivity index (χ2n) is 4.93. The van der Waals surface area contributed by atoms with Crippen LogP contribution in [0.2, 0.25) is 0 Å². The fraction of sp³-hybridized carbons (Fsp3) is 0.615. The second-order valence-corrected chi connectivity index (χ2v) is 7.13. The van der Waals surface area contributed by atoms with Crippen molar-refractivity contribution in [3.05, 3.63) is 20.3 Å². The van der Waals surface area contributed by atoms with Gasteiger partial charge in [0.05, 0.1) is 0 Å². The molecule has 3 nitrogen and oxygen atoms in total. The maximum atomic E-state index is 10.7. The monoisotopic (exact) mass is 331 g/mol. The number of likely N-dealkylation sites (tertiary alicyclic amines) is 1. The van der Waals surface area contributed by atoms with Crippen molar-refractivity contribution in [2.75, 3.05) is 13.1 Å². The van der Waals surface area contributed by atoms with E-state index < -0.39 is 5.97 Å². The van der Waals surface area contributed by atoms with E-state index in [1.165, 1.54) is 14.2 Å². The zero-order chi connectivity index (χ0) is 13.1. The SMILES string of the molecule is Cc1sc(CN2CCC(CC(=O)O)CC2)cc1Br. The van der Waals surface area contributed by atoms with Crippen molar-refractivity contribution in [1.29, 1.82) is 0 Å². The summed E-state index contributed by atoms with van der Waals surface area (Å²) in [5.74, 6) is -0.290. The van der Waals surface area contributed by atoms with Gasteiger partial charge in [-0.25, -0.2) is 0 Å². The molecule has 100 valence electrons. The van der Waals surface area contributed by atoms with Gasteiger partial charge in [-0.3, -0.25) is 9.69 Å². The molecule has 0 aromatic carbocycles. The van der Waals surface area contributed by atoms with Crippen LogP contribution in [0.25, 0.3) is 0 Å². The summed E-state index contributed by atoms with van der Waals surface area (Å²) < 4.78 is 1.20. The van der Waals surface area contributed by atoms with Gasteiger partial charge in [-0.15, -0.1) is 11.3 Å². The quantitative estimate of drug-likeness (QED) is 0.917. The van der Waals surface area contributed by atoms with Gasteiger partial charge in [0.2, 0.25) is 0 Å². The Morgan fingerprint density at radius 1 is 1.56 bits per heavy atom. The predicted molar refractivity (Wildman–Crippen MR) is 77.0 cm³/mol. The summed E-state index contributed by atoms with van der Waals surface area (Å²) in [7, 11) is 0. The number of aryl methyl sites for hydroxylation is 1. The summed E-state index contributed by atoms with van der Waals surface area (Å²) in [6, 6.07) is 2.20. The number of piperidine rings is 1. The van der Waals surface area contributed by atoms with Crippen LogP contribution in [0.4, 0.5) is 0 Å². The zero-order valence-electron chi connectivity index (χ0n) is 10.5. The van der Waals surface area contributed by atoms with Crippen LogP contribution < -0.4 is 0 Å². The largest absolute Gasteiger partial charge is 0.481 e. The van der Waals surface area contributed by atoms with Crippen LogP contribution in [0.3, 0.4) is 0 Å². The van der Waals surface area contributed by atoms with E-state index in [1.807, 2.05) is 11.3 Å². The van der Waals surface area contributed by atoms with Crippen LogP contribution in [0.5, 0.6) is 0 Å². The number of carboxylic acids is 1. The number of nitrogens with zero attached hydrogens (tertiary/aromatic N) is 1. The van der Waals surface area contributed by atoms with Gasteiger partial charge >= 0.3 is 5.97 Å². The number of hydrogen-bond donors (Lipinski definition) is 1. The Kier molecular flexibility index (Phi) is 4.81. The molecule has 1 fully saturated rings. The number of halogens is 1. The van der Waals surface area contributed by atoms with Crippen LogP contribution in [-0.4, -0.2) is 29.1 Å². The summed E-state index contributed by atoms with van der Waals surface area (Å²) in [6.45, 7) is 5.16. The minimum absolute atomic E-state index is 0.331. The molecule has 1 aromatic heterocycles. The molecule has 0 bridgehead atoms. The molecular formula is C13H18BrNO2S. The Balaban J connectivity index is 1.81. The first-order chi connectivity index (χ1) is 8.54. The van der Waals surface area contributed by atoms with Crippen molar-refractivity contribution in [3.63, 3.8) is 0 Å². The molecule has 1 aliphatic heterocycles. The van der Waals surface area contributed by atoms with Crippen LogP contribution in [0.1, 0.15) is 29.0 Å². The lowest BCUT2D eigenvalue weighted by Gasteiger charge is -2.30. The summed E-state index contributed by atoms with van der Waals surface area (Å²) in [6.07, 6.45) is 2.35. The smallest absolute Gasteiger partial charge is 0.303 e. The fourth-order valence-electron chi connectivity index (χ4n) is 2.41. The van der Waals surface area contributed by atoms with Gasteiger partial charge in [-0.1, -0.05) is 0 Å². The van der Waals surface area contributed by atoms with E-state index in [2.05, 4.69) is 33.8 Å². The maximum Gasteiger partial charge on any atom is 0.303 e. The first-order valence-electron chi connectivity index (χ1n) is 6.23. The number of carboxylic acid groups (broad SMARTS) is 1. The Bertz CT molecular complexity index is 405. The van der Waals surface area contributed by atoms with E-state index in [-0.39, 0.29) is 0 Å². The third-order valence-electron chi connectivity index (χ3n) is 3.46. The lowest BCUT2D eigenvalue weighted by molar-refractivity contribution is -0.138. The van der Waals surface area contributed by atoms with Crippen molar-refractivity contribution in [1.82, 2.24) is 4.90 Å². The molecule has 0 unspecified atom stereocenters. The molecule has 1 N–H and O–H groups in total. The van der Waals surface area contributed by atoms with Gasteiger partial charge in [0.1, 0.15) is 0 Å². The highest BCUT2D eigenvalue weighted by Gasteiger charge is 2.21. The molecule has 0 radical (unpaired) electrons. The van der Waals surface area contributed by atoms with Crippen LogP contribution in [0.15, 0.2) is 10.5 Å². The standard InChI is InChI=1S/C13H18BrNO2S/c1-9-12(14)7-11(18-9)8-15-4-2-10(3-5-15)6-13(16)17/h7,10H,2-6,8H2,1H3,(H,16,17). The number of aliphatic carboxylic acids is 1. The summed E-state index contributed by atoms with van der Waals surface area (Å²) in [4.78, 5) is 15.8. The van der Waals surface area contributed by atoms with Crippen molar-refractivity contribution in [3.8, 4) is 0 Å². The van der Waals surface area contributed by atoms with Gasteiger partial charge in [-0.05, 0) is 60.8 Å². The van der Waals surface area contributed by atoms with E-state index in [1.54, 1.807) is 0 Å². The minimum Gasteiger partial charge on any atom is -0.481 e. The van der Waals surface area contributed by atoms with Gasteiger partial charge < -0.3 is 5.11 Å². The normalized spacial score (nSPS) is 18.1. The summed E-state index contributed by atoms with van der Waals surface area (Å²) in [5, 5.41) is 8.78. The van der Waals surface area contributed by atoms with Gasteiger partial charge in [-0.2, -0.15) is 0 Å². The highest BCUT2D eigenvalue weighted by molar-refractivity contribution is 9.10. The highest BCUT2D eigenvalue weighted by atomic mass is 79.9. The Hall–Kier alpha value is -0.390. The van der Waals surface area contributed by atoms with Gasteiger partial charge in [0.15, 0.2) is 0 Å². The second kappa shape index (κ2) is 6.17. The van der Waals surface area contributed by atoms with Crippen LogP contribution in [-0.2, 0) is 11.3 Å². The molecule has 1 aromatic rings. The minimum atomic E-state index is -0.661.